The van der Waals surface area contributed by atoms with Crippen LogP contribution < -0.4 is 10.4 Å². The highest BCUT2D eigenvalue weighted by Crippen LogP contribution is 2.32. The zero-order valence-corrected chi connectivity index (χ0v) is 15.5. The highest BCUT2D eigenvalue weighted by atomic mass is 16.7. The zero-order valence-electron chi connectivity index (χ0n) is 15.5. The molecule has 0 N–H and O–H groups in total. The summed E-state index contributed by atoms with van der Waals surface area (Å²) in [5.74, 6) is -1.06. The quantitative estimate of drug-likeness (QED) is 0.172. The van der Waals surface area contributed by atoms with Crippen LogP contribution in [0.4, 0.5) is 0 Å². The van der Waals surface area contributed by atoms with E-state index in [4.69, 9.17) is 14.0 Å². The molecule has 0 bridgehead atoms. The van der Waals surface area contributed by atoms with Gasteiger partial charge in [-0.15, -0.1) is 0 Å². The minimum atomic E-state index is -0.625. The van der Waals surface area contributed by atoms with Gasteiger partial charge in [0.25, 0.3) is 0 Å². The van der Waals surface area contributed by atoms with Gasteiger partial charge in [0.2, 0.25) is 0 Å². The van der Waals surface area contributed by atoms with Crippen molar-refractivity contribution in [2.45, 2.75) is 20.8 Å². The van der Waals surface area contributed by atoms with Crippen molar-refractivity contribution in [3.8, 4) is 5.75 Å². The number of hydrogen-bond acceptors (Lipinski definition) is 7. The maximum absolute atomic E-state index is 12.0. The molecule has 0 atom stereocenters. The number of ether oxygens (including phenoxy) is 1. The lowest BCUT2D eigenvalue weighted by atomic mass is 9.98. The number of oxime groups is 1. The van der Waals surface area contributed by atoms with Gasteiger partial charge in [-0.25, -0.2) is 9.59 Å². The van der Waals surface area contributed by atoms with E-state index in [-0.39, 0.29) is 22.6 Å². The molecule has 0 aliphatic rings. The van der Waals surface area contributed by atoms with Crippen LogP contribution in [-0.2, 0) is 14.4 Å². The van der Waals surface area contributed by atoms with Crippen molar-refractivity contribution in [2.24, 2.45) is 5.16 Å². The topological polar surface area (TPSA) is 95.2 Å². The van der Waals surface area contributed by atoms with Crippen molar-refractivity contribution in [3.63, 3.8) is 0 Å². The molecule has 3 aromatic rings. The van der Waals surface area contributed by atoms with Crippen LogP contribution in [0.15, 0.2) is 62.9 Å². The highest BCUT2D eigenvalue weighted by molar-refractivity contribution is 6.20. The Morgan fingerprint density at radius 3 is 2.36 bits per heavy atom. The van der Waals surface area contributed by atoms with Gasteiger partial charge in [-0.3, -0.25) is 4.79 Å². The van der Waals surface area contributed by atoms with Gasteiger partial charge in [0.1, 0.15) is 11.5 Å². The fraction of sp³-hybridized carbons (Fsp3) is 0.143. The van der Waals surface area contributed by atoms with Crippen molar-refractivity contribution < 1.29 is 23.6 Å². The van der Waals surface area contributed by atoms with Crippen LogP contribution in [0.5, 0.6) is 5.75 Å². The van der Waals surface area contributed by atoms with Crippen LogP contribution in [0.25, 0.3) is 11.0 Å². The second kappa shape index (κ2) is 7.87. The molecule has 1 aromatic heterocycles. The Kier molecular flexibility index (Phi) is 5.35. The number of carbonyl (C=O) groups is 2. The third-order valence-electron chi connectivity index (χ3n) is 3.88. The molecule has 28 heavy (non-hydrogen) atoms. The van der Waals surface area contributed by atoms with E-state index in [1.54, 1.807) is 43.3 Å². The second-order valence-electron chi connectivity index (χ2n) is 6.05. The summed E-state index contributed by atoms with van der Waals surface area (Å²) in [6.45, 7) is 4.23. The van der Waals surface area contributed by atoms with Crippen LogP contribution in [0.3, 0.4) is 0 Å². The van der Waals surface area contributed by atoms with Crippen LogP contribution >= 0.6 is 0 Å². The van der Waals surface area contributed by atoms with Crippen LogP contribution in [0, 0.1) is 6.92 Å². The fourth-order valence-corrected chi connectivity index (χ4v) is 2.78. The summed E-state index contributed by atoms with van der Waals surface area (Å²) >= 11 is 0. The van der Waals surface area contributed by atoms with E-state index in [2.05, 4.69) is 5.16 Å². The van der Waals surface area contributed by atoms with Crippen molar-refractivity contribution >= 4 is 28.6 Å². The van der Waals surface area contributed by atoms with Gasteiger partial charge in [0.05, 0.1) is 5.56 Å². The van der Waals surface area contributed by atoms with Crippen molar-refractivity contribution in [2.75, 3.05) is 0 Å². The first-order valence-electron chi connectivity index (χ1n) is 8.44. The number of esters is 1. The largest absolute Gasteiger partial charge is 0.426 e. The summed E-state index contributed by atoms with van der Waals surface area (Å²) in [7, 11) is 0. The Bertz CT molecular complexity index is 1140. The molecule has 0 fully saturated rings. The monoisotopic (exact) mass is 379 g/mol. The van der Waals surface area contributed by atoms with E-state index in [9.17, 15) is 14.4 Å². The number of carbonyl (C=O) groups excluding carboxylic acids is 2. The average Bonchev–Trinajstić information content (AvgIpc) is 2.63. The average molecular weight is 379 g/mol. The normalized spacial score (nSPS) is 11.3. The molecule has 7 heteroatoms. The number of fused-ring (bicyclic) bond motifs is 1. The van der Waals surface area contributed by atoms with Gasteiger partial charge in [0.15, 0.2) is 5.58 Å². The number of aryl methyl sites for hydroxylation is 1. The van der Waals surface area contributed by atoms with Crippen molar-refractivity contribution in [1.29, 1.82) is 0 Å². The fourth-order valence-electron chi connectivity index (χ4n) is 2.78. The molecule has 0 amide bonds. The molecule has 2 aromatic carbocycles. The smallest absolute Gasteiger partial charge is 0.336 e. The van der Waals surface area contributed by atoms with E-state index in [1.807, 2.05) is 6.07 Å². The number of rotatable bonds is 4. The molecule has 0 saturated carbocycles. The molecule has 0 spiro atoms. The number of nitrogens with zero attached hydrogens (tertiary/aromatic N) is 1. The minimum Gasteiger partial charge on any atom is -0.426 e. The molecular weight excluding hydrogens is 362 g/mol. The van der Waals surface area contributed by atoms with E-state index in [0.717, 1.165) is 0 Å². The van der Waals surface area contributed by atoms with Gasteiger partial charge in [-0.05, 0) is 24.6 Å². The maximum atomic E-state index is 12.0. The number of benzene rings is 2. The lowest BCUT2D eigenvalue weighted by molar-refractivity contribution is -0.141. The molecule has 3 rings (SSSR count). The predicted molar refractivity (Wildman–Crippen MR) is 102 cm³/mol. The lowest BCUT2D eigenvalue weighted by Crippen LogP contribution is -2.13. The number of hydrogen-bond donors (Lipinski definition) is 0. The Balaban J connectivity index is 2.41. The summed E-state index contributed by atoms with van der Waals surface area (Å²) < 4.78 is 10.8. The second-order valence-corrected chi connectivity index (χ2v) is 6.05. The van der Waals surface area contributed by atoms with Gasteiger partial charge in [0, 0.05) is 30.9 Å². The van der Waals surface area contributed by atoms with Gasteiger partial charge < -0.3 is 14.0 Å². The molecule has 0 unspecified atom stereocenters. The van der Waals surface area contributed by atoms with Crippen LogP contribution in [-0.4, -0.2) is 17.7 Å². The van der Waals surface area contributed by atoms with Crippen molar-refractivity contribution in [1.82, 2.24) is 0 Å². The Morgan fingerprint density at radius 1 is 1.00 bits per heavy atom. The van der Waals surface area contributed by atoms with Gasteiger partial charge >= 0.3 is 17.6 Å². The molecule has 142 valence electrons. The molecule has 7 nitrogen and oxygen atoms in total. The minimum absolute atomic E-state index is 0.128. The Morgan fingerprint density at radius 2 is 1.71 bits per heavy atom. The summed E-state index contributed by atoms with van der Waals surface area (Å²) in [5.41, 5.74) is 1.30. The van der Waals surface area contributed by atoms with E-state index in [0.29, 0.717) is 16.5 Å². The predicted octanol–water partition coefficient (Wildman–Crippen LogP) is 3.34. The molecular formula is C21H17NO6. The lowest BCUT2D eigenvalue weighted by Gasteiger charge is -2.14. The van der Waals surface area contributed by atoms with Crippen LogP contribution in [0.2, 0.25) is 0 Å². The molecule has 1 heterocycles. The standard InChI is InChI=1S/C21H17NO6/c1-12-11-18(25)27-21-16(12)9-10-17(26-13(2)23)19(21)20(22-28-14(3)24)15-7-5-4-6-8-15/h4-11H,1-3H3. The van der Waals surface area contributed by atoms with Gasteiger partial charge in [-0.2, -0.15) is 0 Å². The SMILES string of the molecule is CC(=O)ON=C(c1ccccc1)c1c(OC(C)=O)ccc2c(C)cc(=O)oc12. The van der Waals surface area contributed by atoms with E-state index in [1.165, 1.54) is 19.9 Å². The summed E-state index contributed by atoms with van der Waals surface area (Å²) in [6.07, 6.45) is 0. The zero-order chi connectivity index (χ0) is 20.3. The van der Waals surface area contributed by atoms with Gasteiger partial charge in [-0.1, -0.05) is 35.5 Å². The first-order chi connectivity index (χ1) is 13.4. The molecule has 0 aliphatic heterocycles. The third-order valence-corrected chi connectivity index (χ3v) is 3.88. The van der Waals surface area contributed by atoms with E-state index >= 15 is 0 Å². The molecule has 0 radical (unpaired) electrons. The third kappa shape index (κ3) is 3.98. The van der Waals surface area contributed by atoms with Crippen molar-refractivity contribution in [3.05, 3.63) is 75.6 Å². The molecule has 0 saturated heterocycles. The highest BCUT2D eigenvalue weighted by Gasteiger charge is 2.22. The molecule has 0 aliphatic carbocycles. The maximum Gasteiger partial charge on any atom is 0.336 e. The van der Waals surface area contributed by atoms with Crippen LogP contribution in [0.1, 0.15) is 30.5 Å². The summed E-state index contributed by atoms with van der Waals surface area (Å²) in [5, 5.41) is 4.59. The summed E-state index contributed by atoms with van der Waals surface area (Å²) in [4.78, 5) is 39.9. The first kappa shape index (κ1) is 19.0. The first-order valence-corrected chi connectivity index (χ1v) is 8.44. The Labute approximate surface area is 160 Å². The Hall–Kier alpha value is -3.74. The summed E-state index contributed by atoms with van der Waals surface area (Å²) in [6, 6.07) is 13.5. The van der Waals surface area contributed by atoms with E-state index < -0.39 is 17.6 Å².